The standard InChI is InChI=1S/C18H26N2O2/c1-13(14-5-7-16(19)8-6-14)15-9-11-20(12-10-15)17(21)22-18(2,3)4/h5-8,15H,1,9-12,19H2,2-4H3. The van der Waals surface area contributed by atoms with Gasteiger partial charge in [0.1, 0.15) is 5.60 Å². The molecule has 0 bridgehead atoms. The van der Waals surface area contributed by atoms with E-state index in [0.29, 0.717) is 19.0 Å². The summed E-state index contributed by atoms with van der Waals surface area (Å²) < 4.78 is 5.42. The quantitative estimate of drug-likeness (QED) is 0.842. The molecular weight excluding hydrogens is 276 g/mol. The number of likely N-dealkylation sites (tertiary alicyclic amines) is 1. The van der Waals surface area contributed by atoms with Gasteiger partial charge in [0.05, 0.1) is 0 Å². The van der Waals surface area contributed by atoms with E-state index in [9.17, 15) is 4.79 Å². The molecule has 0 aliphatic carbocycles. The average molecular weight is 302 g/mol. The zero-order valence-electron chi connectivity index (χ0n) is 13.8. The van der Waals surface area contributed by atoms with Crippen LogP contribution < -0.4 is 5.73 Å². The number of hydrogen-bond acceptors (Lipinski definition) is 3. The van der Waals surface area contributed by atoms with Crippen molar-refractivity contribution in [2.75, 3.05) is 18.8 Å². The van der Waals surface area contributed by atoms with Gasteiger partial charge in [-0.3, -0.25) is 0 Å². The van der Waals surface area contributed by atoms with Crippen molar-refractivity contribution in [2.24, 2.45) is 5.92 Å². The largest absolute Gasteiger partial charge is 0.444 e. The van der Waals surface area contributed by atoms with Gasteiger partial charge in [-0.15, -0.1) is 0 Å². The van der Waals surface area contributed by atoms with Crippen molar-refractivity contribution < 1.29 is 9.53 Å². The summed E-state index contributed by atoms with van der Waals surface area (Å²) in [5.41, 5.74) is 8.30. The Morgan fingerprint density at radius 2 is 1.77 bits per heavy atom. The van der Waals surface area contributed by atoms with Crippen molar-refractivity contribution in [3.63, 3.8) is 0 Å². The second kappa shape index (κ2) is 6.42. The predicted molar refractivity (Wildman–Crippen MR) is 90.4 cm³/mol. The third-order valence-electron chi connectivity index (χ3n) is 3.92. The monoisotopic (exact) mass is 302 g/mol. The second-order valence-corrected chi connectivity index (χ2v) is 6.89. The van der Waals surface area contributed by atoms with Crippen LogP contribution >= 0.6 is 0 Å². The van der Waals surface area contributed by atoms with E-state index in [4.69, 9.17) is 10.5 Å². The fraction of sp³-hybridized carbons (Fsp3) is 0.500. The molecule has 1 aliphatic heterocycles. The smallest absolute Gasteiger partial charge is 0.410 e. The summed E-state index contributed by atoms with van der Waals surface area (Å²) in [4.78, 5) is 13.9. The van der Waals surface area contributed by atoms with Crippen LogP contribution in [0.15, 0.2) is 30.8 Å². The maximum Gasteiger partial charge on any atom is 0.410 e. The zero-order valence-corrected chi connectivity index (χ0v) is 13.8. The number of nitrogens with zero attached hydrogens (tertiary/aromatic N) is 1. The molecule has 1 aromatic carbocycles. The zero-order chi connectivity index (χ0) is 16.3. The number of benzene rings is 1. The lowest BCUT2D eigenvalue weighted by molar-refractivity contribution is 0.0200. The maximum absolute atomic E-state index is 12.1. The summed E-state index contributed by atoms with van der Waals surface area (Å²) in [5.74, 6) is 0.405. The number of piperidine rings is 1. The number of carbonyl (C=O) groups excluding carboxylic acids is 1. The molecule has 1 aromatic rings. The number of rotatable bonds is 2. The Bertz CT molecular complexity index is 535. The van der Waals surface area contributed by atoms with Gasteiger partial charge < -0.3 is 15.4 Å². The summed E-state index contributed by atoms with van der Waals surface area (Å²) in [6, 6.07) is 7.82. The molecular formula is C18H26N2O2. The highest BCUT2D eigenvalue weighted by atomic mass is 16.6. The van der Waals surface area contributed by atoms with Gasteiger partial charge in [0.2, 0.25) is 0 Å². The summed E-state index contributed by atoms with van der Waals surface area (Å²) in [5, 5.41) is 0. The minimum absolute atomic E-state index is 0.218. The van der Waals surface area contributed by atoms with Gasteiger partial charge in [-0.2, -0.15) is 0 Å². The number of carbonyl (C=O) groups is 1. The van der Waals surface area contributed by atoms with Crippen LogP contribution in [0.4, 0.5) is 10.5 Å². The molecule has 1 fully saturated rings. The number of anilines is 1. The van der Waals surface area contributed by atoms with E-state index in [2.05, 4.69) is 6.58 Å². The number of amides is 1. The number of allylic oxidation sites excluding steroid dienone is 1. The lowest BCUT2D eigenvalue weighted by atomic mass is 9.86. The number of hydrogen-bond donors (Lipinski definition) is 1. The first-order valence-corrected chi connectivity index (χ1v) is 7.79. The predicted octanol–water partition coefficient (Wildman–Crippen LogP) is 3.93. The molecule has 0 atom stereocenters. The highest BCUT2D eigenvalue weighted by Crippen LogP contribution is 2.31. The van der Waals surface area contributed by atoms with Crippen LogP contribution in [0.1, 0.15) is 39.2 Å². The van der Waals surface area contributed by atoms with Crippen molar-refractivity contribution in [3.05, 3.63) is 36.4 Å². The van der Waals surface area contributed by atoms with Crippen molar-refractivity contribution in [3.8, 4) is 0 Å². The first-order chi connectivity index (χ1) is 10.3. The third kappa shape index (κ3) is 4.26. The Balaban J connectivity index is 1.90. The molecule has 0 aromatic heterocycles. The second-order valence-electron chi connectivity index (χ2n) is 6.89. The minimum Gasteiger partial charge on any atom is -0.444 e. The van der Waals surface area contributed by atoms with Crippen molar-refractivity contribution in [1.29, 1.82) is 0 Å². The summed E-state index contributed by atoms with van der Waals surface area (Å²) >= 11 is 0. The molecule has 4 nitrogen and oxygen atoms in total. The van der Waals surface area contributed by atoms with Crippen LogP contribution in [0, 0.1) is 5.92 Å². The topological polar surface area (TPSA) is 55.6 Å². The normalized spacial score (nSPS) is 16.4. The molecule has 1 heterocycles. The van der Waals surface area contributed by atoms with Crippen LogP contribution in [0.25, 0.3) is 5.57 Å². The Kier molecular flexibility index (Phi) is 4.79. The molecule has 1 saturated heterocycles. The molecule has 2 rings (SSSR count). The SMILES string of the molecule is C=C(c1ccc(N)cc1)C1CCN(C(=O)OC(C)(C)C)CC1. The van der Waals surface area contributed by atoms with Crippen molar-refractivity contribution >= 4 is 17.4 Å². The molecule has 22 heavy (non-hydrogen) atoms. The van der Waals surface area contributed by atoms with Gasteiger partial charge >= 0.3 is 6.09 Å². The molecule has 2 N–H and O–H groups in total. The first-order valence-electron chi connectivity index (χ1n) is 7.79. The molecule has 0 unspecified atom stereocenters. The molecule has 0 radical (unpaired) electrons. The van der Waals surface area contributed by atoms with Crippen molar-refractivity contribution in [2.45, 2.75) is 39.2 Å². The highest BCUT2D eigenvalue weighted by molar-refractivity contribution is 5.69. The van der Waals surface area contributed by atoms with E-state index in [1.54, 1.807) is 4.90 Å². The van der Waals surface area contributed by atoms with Gasteiger partial charge in [0.15, 0.2) is 0 Å². The molecule has 120 valence electrons. The number of nitrogens with two attached hydrogens (primary N) is 1. The lowest BCUT2D eigenvalue weighted by Gasteiger charge is -2.34. The third-order valence-corrected chi connectivity index (χ3v) is 3.92. The number of ether oxygens (including phenoxy) is 1. The van der Waals surface area contributed by atoms with E-state index in [1.807, 2.05) is 45.0 Å². The van der Waals surface area contributed by atoms with Crippen molar-refractivity contribution in [1.82, 2.24) is 4.90 Å². The highest BCUT2D eigenvalue weighted by Gasteiger charge is 2.28. The molecule has 4 heteroatoms. The maximum atomic E-state index is 12.1. The lowest BCUT2D eigenvalue weighted by Crippen LogP contribution is -2.41. The molecule has 1 amide bonds. The van der Waals surface area contributed by atoms with Crippen LogP contribution in [-0.2, 0) is 4.74 Å². The molecule has 0 saturated carbocycles. The van der Waals surface area contributed by atoms with Gasteiger partial charge in [-0.1, -0.05) is 18.7 Å². The fourth-order valence-corrected chi connectivity index (χ4v) is 2.67. The summed E-state index contributed by atoms with van der Waals surface area (Å²) in [7, 11) is 0. The first kappa shape index (κ1) is 16.4. The Morgan fingerprint density at radius 3 is 2.27 bits per heavy atom. The van der Waals surface area contributed by atoms with E-state index in [-0.39, 0.29) is 6.09 Å². The van der Waals surface area contributed by atoms with E-state index >= 15 is 0 Å². The fourth-order valence-electron chi connectivity index (χ4n) is 2.67. The summed E-state index contributed by atoms with van der Waals surface area (Å²) in [6.07, 6.45) is 1.62. The Hall–Kier alpha value is -1.97. The van der Waals surface area contributed by atoms with E-state index in [1.165, 1.54) is 0 Å². The number of nitrogen functional groups attached to an aromatic ring is 1. The van der Waals surface area contributed by atoms with Gasteiger partial charge in [0.25, 0.3) is 0 Å². The van der Waals surface area contributed by atoms with E-state index in [0.717, 1.165) is 29.7 Å². The van der Waals surface area contributed by atoms with Crippen LogP contribution in [0.3, 0.4) is 0 Å². The van der Waals surface area contributed by atoms with Crippen LogP contribution in [0.5, 0.6) is 0 Å². The minimum atomic E-state index is -0.443. The van der Waals surface area contributed by atoms with Gasteiger partial charge in [0, 0.05) is 18.8 Å². The Morgan fingerprint density at radius 1 is 1.23 bits per heavy atom. The Labute approximate surface area is 132 Å². The molecule has 0 spiro atoms. The van der Waals surface area contributed by atoms with Crippen LogP contribution in [0.2, 0.25) is 0 Å². The van der Waals surface area contributed by atoms with Gasteiger partial charge in [-0.05, 0) is 62.8 Å². The van der Waals surface area contributed by atoms with E-state index < -0.39 is 5.60 Å². The summed E-state index contributed by atoms with van der Waals surface area (Å²) in [6.45, 7) is 11.3. The molecule has 1 aliphatic rings. The van der Waals surface area contributed by atoms with Gasteiger partial charge in [-0.25, -0.2) is 4.79 Å². The average Bonchev–Trinajstić information content (AvgIpc) is 2.46. The van der Waals surface area contributed by atoms with Crippen LogP contribution in [-0.4, -0.2) is 29.7 Å².